The van der Waals surface area contributed by atoms with Gasteiger partial charge in [0.25, 0.3) is 0 Å². The SMILES string of the molecule is Cc1ccc2c(c1)oc1c(-c3ncnc4c3ccc3cc(CC(C)C)cc(CC(C)C)c34)cccc12. The number of fused-ring (bicyclic) bond motifs is 6. The molecule has 0 spiro atoms. The summed E-state index contributed by atoms with van der Waals surface area (Å²) < 4.78 is 6.42. The van der Waals surface area contributed by atoms with Crippen LogP contribution in [0.15, 0.2) is 71.4 Å². The van der Waals surface area contributed by atoms with Gasteiger partial charge in [0, 0.05) is 27.1 Å². The molecule has 3 nitrogen and oxygen atoms in total. The number of nitrogens with zero attached hydrogens (tertiary/aromatic N) is 2. The van der Waals surface area contributed by atoms with Gasteiger partial charge in [-0.1, -0.05) is 70.2 Å². The number of aromatic nitrogens is 2. The zero-order valence-corrected chi connectivity index (χ0v) is 21.7. The van der Waals surface area contributed by atoms with E-state index >= 15 is 0 Å². The summed E-state index contributed by atoms with van der Waals surface area (Å²) in [7, 11) is 0. The largest absolute Gasteiger partial charge is 0.455 e. The minimum atomic E-state index is 0.562. The Hall–Kier alpha value is -3.72. The summed E-state index contributed by atoms with van der Waals surface area (Å²) in [5.41, 5.74) is 8.73. The van der Waals surface area contributed by atoms with Crippen molar-refractivity contribution in [3.63, 3.8) is 0 Å². The lowest BCUT2D eigenvalue weighted by atomic mass is 9.90. The number of aryl methyl sites for hydroxylation is 1. The summed E-state index contributed by atoms with van der Waals surface area (Å²) in [5, 5.41) is 5.84. The van der Waals surface area contributed by atoms with E-state index in [0.717, 1.165) is 56.9 Å². The molecule has 6 rings (SSSR count). The van der Waals surface area contributed by atoms with Gasteiger partial charge in [-0.05, 0) is 71.9 Å². The Kier molecular flexibility index (Phi) is 5.52. The van der Waals surface area contributed by atoms with Crippen LogP contribution in [-0.2, 0) is 12.8 Å². The van der Waals surface area contributed by atoms with E-state index in [1.54, 1.807) is 6.33 Å². The monoisotopic (exact) mass is 472 g/mol. The molecule has 0 atom stereocenters. The van der Waals surface area contributed by atoms with Crippen molar-refractivity contribution in [1.82, 2.24) is 9.97 Å². The molecule has 0 aliphatic carbocycles. The fourth-order valence-electron chi connectivity index (χ4n) is 5.64. The zero-order valence-electron chi connectivity index (χ0n) is 21.7. The average molecular weight is 473 g/mol. The van der Waals surface area contributed by atoms with Gasteiger partial charge in [0.15, 0.2) is 0 Å². The first-order valence-electron chi connectivity index (χ1n) is 13.0. The molecule has 180 valence electrons. The minimum absolute atomic E-state index is 0.562. The lowest BCUT2D eigenvalue weighted by molar-refractivity contribution is 0.638. The molecular formula is C33H32N2O. The Balaban J connectivity index is 1.63. The number of hydrogen-bond donors (Lipinski definition) is 0. The minimum Gasteiger partial charge on any atom is -0.455 e. The van der Waals surface area contributed by atoms with E-state index in [1.165, 1.54) is 27.5 Å². The molecule has 0 amide bonds. The highest BCUT2D eigenvalue weighted by atomic mass is 16.3. The van der Waals surface area contributed by atoms with Crippen LogP contribution in [0.2, 0.25) is 0 Å². The van der Waals surface area contributed by atoms with Crippen molar-refractivity contribution in [2.24, 2.45) is 11.8 Å². The molecule has 0 unspecified atom stereocenters. The van der Waals surface area contributed by atoms with Crippen LogP contribution < -0.4 is 0 Å². The highest BCUT2D eigenvalue weighted by Gasteiger charge is 2.18. The van der Waals surface area contributed by atoms with Gasteiger partial charge in [-0.2, -0.15) is 0 Å². The second kappa shape index (κ2) is 8.74. The maximum Gasteiger partial charge on any atom is 0.144 e. The molecule has 2 aromatic heterocycles. The topological polar surface area (TPSA) is 38.9 Å². The van der Waals surface area contributed by atoms with Crippen LogP contribution in [-0.4, -0.2) is 9.97 Å². The van der Waals surface area contributed by atoms with Crippen LogP contribution in [0.5, 0.6) is 0 Å². The van der Waals surface area contributed by atoms with Crippen LogP contribution in [0, 0.1) is 18.8 Å². The second-order valence-electron chi connectivity index (χ2n) is 11.0. The molecule has 0 saturated heterocycles. The summed E-state index contributed by atoms with van der Waals surface area (Å²) in [6.07, 6.45) is 3.82. The molecule has 2 heterocycles. The predicted molar refractivity (Wildman–Crippen MR) is 152 cm³/mol. The molecule has 0 aliphatic heterocycles. The smallest absolute Gasteiger partial charge is 0.144 e. The van der Waals surface area contributed by atoms with Gasteiger partial charge in [-0.15, -0.1) is 0 Å². The molecule has 0 aliphatic rings. The molecule has 4 aromatic carbocycles. The number of benzene rings is 4. The molecule has 6 aromatic rings. The van der Waals surface area contributed by atoms with Gasteiger partial charge >= 0.3 is 0 Å². The fraction of sp³-hybridized carbons (Fsp3) is 0.273. The maximum atomic E-state index is 6.42. The Labute approximate surface area is 212 Å². The van der Waals surface area contributed by atoms with E-state index in [4.69, 9.17) is 14.4 Å². The van der Waals surface area contributed by atoms with E-state index in [1.807, 2.05) is 0 Å². The van der Waals surface area contributed by atoms with Crippen molar-refractivity contribution >= 4 is 43.6 Å². The molecule has 0 saturated carbocycles. The highest BCUT2D eigenvalue weighted by molar-refractivity contribution is 6.15. The number of hydrogen-bond acceptors (Lipinski definition) is 3. The van der Waals surface area contributed by atoms with Crippen molar-refractivity contribution in [3.05, 3.63) is 83.7 Å². The fourth-order valence-corrected chi connectivity index (χ4v) is 5.64. The summed E-state index contributed by atoms with van der Waals surface area (Å²) in [5.74, 6) is 1.18. The predicted octanol–water partition coefficient (Wildman–Crippen LogP) is 9.05. The van der Waals surface area contributed by atoms with Gasteiger partial charge in [0.1, 0.15) is 17.5 Å². The molecule has 0 bridgehead atoms. The molecular weight excluding hydrogens is 440 g/mol. The average Bonchev–Trinajstić information content (AvgIpc) is 3.20. The highest BCUT2D eigenvalue weighted by Crippen LogP contribution is 2.39. The Morgan fingerprint density at radius 3 is 2.39 bits per heavy atom. The quantitative estimate of drug-likeness (QED) is 0.235. The summed E-state index contributed by atoms with van der Waals surface area (Å²) in [4.78, 5) is 9.64. The first-order chi connectivity index (χ1) is 17.4. The van der Waals surface area contributed by atoms with Crippen molar-refractivity contribution in [1.29, 1.82) is 0 Å². The summed E-state index contributed by atoms with van der Waals surface area (Å²) >= 11 is 0. The van der Waals surface area contributed by atoms with Crippen LogP contribution in [0.25, 0.3) is 54.9 Å². The third kappa shape index (κ3) is 3.83. The Morgan fingerprint density at radius 2 is 1.58 bits per heavy atom. The standard InChI is InChI=1S/C33H32N2O/c1-19(2)13-22-16-23-10-12-27-31(34-18-35-32(27)30(23)24(17-22)14-20(3)4)28-8-6-7-26-25-11-9-21(5)15-29(25)36-33(26)28/h6-12,15-20H,13-14H2,1-5H3. The van der Waals surface area contributed by atoms with Gasteiger partial charge in [-0.25, -0.2) is 9.97 Å². The van der Waals surface area contributed by atoms with E-state index in [-0.39, 0.29) is 0 Å². The van der Waals surface area contributed by atoms with Gasteiger partial charge in [-0.3, -0.25) is 0 Å². The van der Waals surface area contributed by atoms with Gasteiger partial charge < -0.3 is 4.42 Å². The van der Waals surface area contributed by atoms with Crippen LogP contribution in [0.1, 0.15) is 44.4 Å². The van der Waals surface area contributed by atoms with Crippen molar-refractivity contribution < 1.29 is 4.42 Å². The van der Waals surface area contributed by atoms with Crippen molar-refractivity contribution in [2.45, 2.75) is 47.5 Å². The number of rotatable bonds is 5. The van der Waals surface area contributed by atoms with Crippen molar-refractivity contribution in [2.75, 3.05) is 0 Å². The molecule has 0 radical (unpaired) electrons. The third-order valence-corrected chi connectivity index (χ3v) is 7.04. The molecule has 0 N–H and O–H groups in total. The van der Waals surface area contributed by atoms with Crippen LogP contribution >= 0.6 is 0 Å². The zero-order chi connectivity index (χ0) is 25.0. The first kappa shape index (κ1) is 22.7. The van der Waals surface area contributed by atoms with Crippen molar-refractivity contribution in [3.8, 4) is 11.3 Å². The summed E-state index contributed by atoms with van der Waals surface area (Å²) in [6.45, 7) is 11.2. The number of para-hydroxylation sites is 1. The van der Waals surface area contributed by atoms with Crippen LogP contribution in [0.4, 0.5) is 0 Å². The van der Waals surface area contributed by atoms with Gasteiger partial charge in [0.2, 0.25) is 0 Å². The maximum absolute atomic E-state index is 6.42. The van der Waals surface area contributed by atoms with Gasteiger partial charge in [0.05, 0.1) is 11.2 Å². The molecule has 36 heavy (non-hydrogen) atoms. The van der Waals surface area contributed by atoms with E-state index in [2.05, 4.69) is 95.3 Å². The lowest BCUT2D eigenvalue weighted by Gasteiger charge is -2.16. The Bertz CT molecular complexity index is 1760. The van der Waals surface area contributed by atoms with E-state index < -0.39 is 0 Å². The third-order valence-electron chi connectivity index (χ3n) is 7.04. The second-order valence-corrected chi connectivity index (χ2v) is 11.0. The summed E-state index contributed by atoms with van der Waals surface area (Å²) in [6, 6.07) is 22.0. The lowest BCUT2D eigenvalue weighted by Crippen LogP contribution is -2.01. The van der Waals surface area contributed by atoms with E-state index in [0.29, 0.717) is 11.8 Å². The Morgan fingerprint density at radius 1 is 0.778 bits per heavy atom. The number of furan rings is 1. The van der Waals surface area contributed by atoms with Crippen LogP contribution in [0.3, 0.4) is 0 Å². The first-order valence-corrected chi connectivity index (χ1v) is 13.0. The molecule has 3 heteroatoms. The van der Waals surface area contributed by atoms with E-state index in [9.17, 15) is 0 Å². The normalized spacial score (nSPS) is 12.2. The molecule has 0 fully saturated rings.